The molecule has 0 saturated carbocycles. The third-order valence-corrected chi connectivity index (χ3v) is 13.2. The molecule has 1 aliphatic rings. The lowest BCUT2D eigenvalue weighted by atomic mass is 9.82. The van der Waals surface area contributed by atoms with Gasteiger partial charge in [0.2, 0.25) is 0 Å². The quantitative estimate of drug-likeness (QED) is 0.163. The second kappa shape index (κ2) is 14.6. The summed E-state index contributed by atoms with van der Waals surface area (Å²) in [6.07, 6.45) is 0. The van der Waals surface area contributed by atoms with Crippen LogP contribution in [0.15, 0.2) is 218 Å². The molecule has 0 unspecified atom stereocenters. The third kappa shape index (κ3) is 6.23. The molecule has 0 spiro atoms. The van der Waals surface area contributed by atoms with Gasteiger partial charge in [-0.2, -0.15) is 0 Å². The molecule has 0 amide bonds. The lowest BCUT2D eigenvalue weighted by Crippen LogP contribution is -2.16. The summed E-state index contributed by atoms with van der Waals surface area (Å²) < 4.78 is 0. The second-order valence-electron chi connectivity index (χ2n) is 17.3. The highest BCUT2D eigenvalue weighted by atomic mass is 15.1. The van der Waals surface area contributed by atoms with Crippen molar-refractivity contribution < 1.29 is 0 Å². The molecule has 0 fully saturated rings. The topological polar surface area (TPSA) is 31.9 Å². The SMILES string of the molecule is CC1(C)c2ccccc2-c2ccc(N(c3ccc(-c4ccccc4)cc3)c3ccc(-c4ccc5c(ccc6ccc7[nH]c(-c8ccc(-c9ccccc9)cc8)nc7c65)c4)cc3)cc21. The van der Waals surface area contributed by atoms with Gasteiger partial charge in [0, 0.05) is 33.4 Å². The van der Waals surface area contributed by atoms with Crippen LogP contribution in [0, 0.1) is 0 Å². The van der Waals surface area contributed by atoms with Crippen molar-refractivity contribution in [1.82, 2.24) is 9.97 Å². The summed E-state index contributed by atoms with van der Waals surface area (Å²) >= 11 is 0. The molecule has 10 aromatic carbocycles. The zero-order valence-electron chi connectivity index (χ0n) is 35.2. The van der Waals surface area contributed by atoms with E-state index in [9.17, 15) is 0 Å². The van der Waals surface area contributed by atoms with E-state index in [2.05, 4.69) is 242 Å². The maximum absolute atomic E-state index is 5.22. The molecule has 1 N–H and O–H groups in total. The molecule has 0 atom stereocenters. The Morgan fingerprint density at radius 2 is 0.905 bits per heavy atom. The van der Waals surface area contributed by atoms with Crippen LogP contribution in [0.1, 0.15) is 25.0 Å². The minimum atomic E-state index is -0.101. The summed E-state index contributed by atoms with van der Waals surface area (Å²) in [6, 6.07) is 79.3. The van der Waals surface area contributed by atoms with Crippen molar-refractivity contribution in [3.8, 4) is 55.9 Å². The van der Waals surface area contributed by atoms with Crippen molar-refractivity contribution in [3.05, 3.63) is 230 Å². The van der Waals surface area contributed by atoms with Gasteiger partial charge in [0.1, 0.15) is 5.82 Å². The third-order valence-electron chi connectivity index (χ3n) is 13.2. The minimum Gasteiger partial charge on any atom is -0.338 e. The number of aromatic nitrogens is 2. The van der Waals surface area contributed by atoms with E-state index in [0.29, 0.717) is 0 Å². The average Bonchev–Trinajstić information content (AvgIpc) is 3.89. The van der Waals surface area contributed by atoms with Crippen LogP contribution in [0.3, 0.4) is 0 Å². The van der Waals surface area contributed by atoms with Crippen molar-refractivity contribution in [2.24, 2.45) is 0 Å². The Kier molecular flexibility index (Phi) is 8.52. The Morgan fingerprint density at radius 3 is 1.59 bits per heavy atom. The number of nitrogens with zero attached hydrogens (tertiary/aromatic N) is 2. The van der Waals surface area contributed by atoms with Gasteiger partial charge in [-0.1, -0.05) is 184 Å². The Bertz CT molecular complexity index is 3490. The number of nitrogens with one attached hydrogen (secondary N) is 1. The van der Waals surface area contributed by atoms with Gasteiger partial charge in [0.15, 0.2) is 0 Å². The molecule has 0 aliphatic heterocycles. The van der Waals surface area contributed by atoms with E-state index in [-0.39, 0.29) is 5.41 Å². The monoisotopic (exact) mass is 805 g/mol. The predicted octanol–water partition coefficient (Wildman–Crippen LogP) is 16.3. The van der Waals surface area contributed by atoms with Crippen molar-refractivity contribution in [3.63, 3.8) is 0 Å². The maximum atomic E-state index is 5.22. The number of rotatable bonds is 7. The van der Waals surface area contributed by atoms with E-state index in [1.807, 2.05) is 0 Å². The molecule has 0 saturated heterocycles. The van der Waals surface area contributed by atoms with Gasteiger partial charge >= 0.3 is 0 Å². The standard InChI is InChI=1S/C60H43N3/c1-60(2)54-16-10-9-15-52(54)53-35-33-50(38-55(53)60)63(48-29-23-42(24-30-48)40-13-7-4-8-14-40)49-31-25-43(26-32-49)46-27-34-51-47(37-46)22-19-44-28-36-56-58(57(44)51)62-59(61-56)45-20-17-41(18-21-45)39-11-5-3-6-12-39/h3-38H,1-2H3,(H,61,62). The van der Waals surface area contributed by atoms with Gasteiger partial charge in [-0.25, -0.2) is 4.98 Å². The number of hydrogen-bond acceptors (Lipinski definition) is 2. The van der Waals surface area contributed by atoms with Crippen LogP contribution in [-0.4, -0.2) is 9.97 Å². The van der Waals surface area contributed by atoms with Crippen molar-refractivity contribution in [2.45, 2.75) is 19.3 Å². The van der Waals surface area contributed by atoms with Crippen LogP contribution >= 0.6 is 0 Å². The van der Waals surface area contributed by atoms with Gasteiger partial charge < -0.3 is 9.88 Å². The van der Waals surface area contributed by atoms with Crippen LogP contribution in [0.2, 0.25) is 0 Å². The zero-order chi connectivity index (χ0) is 42.1. The van der Waals surface area contributed by atoms with Crippen molar-refractivity contribution >= 4 is 49.6 Å². The summed E-state index contributed by atoms with van der Waals surface area (Å²) in [4.78, 5) is 11.2. The van der Waals surface area contributed by atoms with E-state index >= 15 is 0 Å². The lowest BCUT2D eigenvalue weighted by Gasteiger charge is -2.28. The van der Waals surface area contributed by atoms with Crippen LogP contribution in [-0.2, 0) is 5.41 Å². The normalized spacial score (nSPS) is 12.7. The molecule has 0 radical (unpaired) electrons. The summed E-state index contributed by atoms with van der Waals surface area (Å²) in [7, 11) is 0. The van der Waals surface area contributed by atoms with E-state index < -0.39 is 0 Å². The Labute approximate surface area is 367 Å². The fraction of sp³-hybridized carbons (Fsp3) is 0.0500. The summed E-state index contributed by atoms with van der Waals surface area (Å²) in [5.74, 6) is 0.876. The number of fused-ring (bicyclic) bond motifs is 8. The lowest BCUT2D eigenvalue weighted by molar-refractivity contribution is 0.660. The average molecular weight is 806 g/mol. The number of benzene rings is 10. The van der Waals surface area contributed by atoms with E-state index in [4.69, 9.17) is 4.98 Å². The minimum absolute atomic E-state index is 0.101. The summed E-state index contributed by atoms with van der Waals surface area (Å²) in [5.41, 5.74) is 18.9. The van der Waals surface area contributed by atoms with E-state index in [1.165, 1.54) is 77.2 Å². The highest BCUT2D eigenvalue weighted by molar-refractivity contribution is 6.19. The largest absolute Gasteiger partial charge is 0.338 e. The molecule has 3 heteroatoms. The predicted molar refractivity (Wildman–Crippen MR) is 265 cm³/mol. The number of imidazole rings is 1. The molecular formula is C60H43N3. The fourth-order valence-electron chi connectivity index (χ4n) is 9.90. The van der Waals surface area contributed by atoms with Crippen LogP contribution in [0.4, 0.5) is 17.1 Å². The van der Waals surface area contributed by atoms with Crippen molar-refractivity contribution in [2.75, 3.05) is 4.90 Å². The highest BCUT2D eigenvalue weighted by Crippen LogP contribution is 2.51. The molecule has 3 nitrogen and oxygen atoms in total. The van der Waals surface area contributed by atoms with Gasteiger partial charge in [0.05, 0.1) is 11.0 Å². The summed E-state index contributed by atoms with van der Waals surface area (Å²) in [6.45, 7) is 4.70. The van der Waals surface area contributed by atoms with Gasteiger partial charge in [-0.3, -0.25) is 0 Å². The molecular weight excluding hydrogens is 763 g/mol. The Morgan fingerprint density at radius 1 is 0.397 bits per heavy atom. The first-order valence-corrected chi connectivity index (χ1v) is 21.8. The summed E-state index contributed by atoms with van der Waals surface area (Å²) in [5, 5.41) is 4.74. The van der Waals surface area contributed by atoms with Gasteiger partial charge in [0.25, 0.3) is 0 Å². The number of H-pyrrole nitrogens is 1. The van der Waals surface area contributed by atoms with Gasteiger partial charge in [-0.05, 0) is 120 Å². The zero-order valence-corrected chi connectivity index (χ0v) is 35.2. The second-order valence-corrected chi connectivity index (χ2v) is 17.3. The molecule has 11 aromatic rings. The van der Waals surface area contributed by atoms with Gasteiger partial charge in [-0.15, -0.1) is 0 Å². The molecule has 298 valence electrons. The molecule has 12 rings (SSSR count). The fourth-order valence-corrected chi connectivity index (χ4v) is 9.90. The van der Waals surface area contributed by atoms with Crippen LogP contribution in [0.5, 0.6) is 0 Å². The number of anilines is 3. The molecule has 1 aliphatic carbocycles. The smallest absolute Gasteiger partial charge is 0.138 e. The van der Waals surface area contributed by atoms with Crippen molar-refractivity contribution in [1.29, 1.82) is 0 Å². The first kappa shape index (κ1) is 36.8. The maximum Gasteiger partial charge on any atom is 0.138 e. The molecule has 1 heterocycles. The number of hydrogen-bond donors (Lipinski definition) is 1. The highest BCUT2D eigenvalue weighted by Gasteiger charge is 2.35. The first-order valence-electron chi connectivity index (χ1n) is 21.8. The van der Waals surface area contributed by atoms with Crippen LogP contribution in [0.25, 0.3) is 88.5 Å². The molecule has 1 aromatic heterocycles. The number of aromatic amines is 1. The molecule has 0 bridgehead atoms. The van der Waals surface area contributed by atoms with E-state index in [1.54, 1.807) is 0 Å². The Balaban J connectivity index is 0.900. The molecule has 63 heavy (non-hydrogen) atoms. The Hall–Kier alpha value is -8.01. The van der Waals surface area contributed by atoms with E-state index in [0.717, 1.165) is 39.5 Å². The first-order chi connectivity index (χ1) is 31.0. The van der Waals surface area contributed by atoms with Crippen LogP contribution < -0.4 is 4.90 Å².